The fourth-order valence-corrected chi connectivity index (χ4v) is 4.41. The second kappa shape index (κ2) is 11.1. The van der Waals surface area contributed by atoms with Crippen LogP contribution in [0.1, 0.15) is 27.3 Å². The summed E-state index contributed by atoms with van der Waals surface area (Å²) in [6.07, 6.45) is 5.83. The van der Waals surface area contributed by atoms with Crippen LogP contribution in [0, 0.1) is 11.6 Å². The van der Waals surface area contributed by atoms with E-state index in [-0.39, 0.29) is 11.5 Å². The summed E-state index contributed by atoms with van der Waals surface area (Å²) < 4.78 is 31.0. The molecule has 1 aromatic carbocycles. The fraction of sp³-hybridized carbons (Fsp3) is 0.214. The van der Waals surface area contributed by atoms with Gasteiger partial charge in [0.25, 0.3) is 11.8 Å². The number of nitrogens with zero attached hydrogens (tertiary/aromatic N) is 5. The van der Waals surface area contributed by atoms with Crippen LogP contribution in [0.5, 0.6) is 0 Å². The zero-order chi connectivity index (χ0) is 28.4. The van der Waals surface area contributed by atoms with Crippen molar-refractivity contribution in [2.24, 2.45) is 7.05 Å². The van der Waals surface area contributed by atoms with Gasteiger partial charge in [-0.25, -0.2) is 18.7 Å². The Kier molecular flexibility index (Phi) is 7.43. The maximum Gasteiger partial charge on any atom is 0.272 e. The predicted octanol–water partition coefficient (Wildman–Crippen LogP) is 4.50. The minimum Gasteiger partial charge on any atom is -0.346 e. The Morgan fingerprint density at radius 2 is 1.80 bits per heavy atom. The Morgan fingerprint density at radius 3 is 2.55 bits per heavy atom. The smallest absolute Gasteiger partial charge is 0.272 e. The molecule has 0 atom stereocenters. The van der Waals surface area contributed by atoms with Crippen molar-refractivity contribution in [1.82, 2.24) is 29.0 Å². The summed E-state index contributed by atoms with van der Waals surface area (Å²) in [6, 6.07) is 9.74. The number of imidazole rings is 1. The predicted molar refractivity (Wildman–Crippen MR) is 148 cm³/mol. The highest BCUT2D eigenvalue weighted by atomic mass is 19.1. The number of carbonyl (C=O) groups is 2. The molecule has 2 amide bonds. The number of carbonyl (C=O) groups excluding carboxylic acids is 2. The van der Waals surface area contributed by atoms with E-state index in [9.17, 15) is 18.4 Å². The van der Waals surface area contributed by atoms with E-state index in [1.807, 2.05) is 42.7 Å². The molecule has 12 heteroatoms. The normalized spacial score (nSPS) is 11.3. The molecular weight excluding hydrogens is 518 g/mol. The maximum atomic E-state index is 14.1. The summed E-state index contributed by atoms with van der Waals surface area (Å²) in [5, 5.41) is 5.52. The Morgan fingerprint density at radius 1 is 1.02 bits per heavy atom. The zero-order valence-electron chi connectivity index (χ0n) is 22.2. The quantitative estimate of drug-likeness (QED) is 0.252. The van der Waals surface area contributed by atoms with Crippen LogP contribution in [-0.4, -0.2) is 61.4 Å². The summed E-state index contributed by atoms with van der Waals surface area (Å²) in [4.78, 5) is 40.1. The molecule has 0 aliphatic carbocycles. The molecule has 5 aromatic rings. The van der Waals surface area contributed by atoms with Crippen molar-refractivity contribution in [3.05, 3.63) is 83.9 Å². The van der Waals surface area contributed by atoms with Crippen molar-refractivity contribution in [2.45, 2.75) is 13.0 Å². The van der Waals surface area contributed by atoms with Gasteiger partial charge in [-0.3, -0.25) is 9.59 Å². The van der Waals surface area contributed by atoms with Crippen LogP contribution >= 0.6 is 0 Å². The van der Waals surface area contributed by atoms with E-state index < -0.39 is 17.5 Å². The number of hydrogen-bond donors (Lipinski definition) is 3. The topological polar surface area (TPSA) is 113 Å². The van der Waals surface area contributed by atoms with E-state index in [1.54, 1.807) is 29.2 Å². The molecular formula is C28H28F2N8O2. The lowest BCUT2D eigenvalue weighted by Gasteiger charge is -2.12. The van der Waals surface area contributed by atoms with Gasteiger partial charge in [0.1, 0.15) is 22.8 Å². The summed E-state index contributed by atoms with van der Waals surface area (Å²) in [7, 11) is 5.76. The van der Waals surface area contributed by atoms with E-state index in [2.05, 4.69) is 25.6 Å². The SMILES string of the molecule is CN(C)CCCn1cc(NC(=O)c2ccc(F)cc2F)cc1C(=O)Nc1cc(-c2nc3cccnc3[nH]2)n(C)c1. The molecule has 0 saturated heterocycles. The number of pyridine rings is 1. The number of H-pyrrole nitrogens is 1. The Balaban J connectivity index is 1.37. The summed E-state index contributed by atoms with van der Waals surface area (Å²) >= 11 is 0. The molecule has 3 N–H and O–H groups in total. The largest absolute Gasteiger partial charge is 0.346 e. The number of aromatic amines is 1. The average molecular weight is 547 g/mol. The van der Waals surface area contributed by atoms with Crippen molar-refractivity contribution < 1.29 is 18.4 Å². The molecule has 0 fully saturated rings. The van der Waals surface area contributed by atoms with Crippen LogP contribution in [0.15, 0.2) is 61.1 Å². The highest BCUT2D eigenvalue weighted by Gasteiger charge is 2.19. The molecule has 0 radical (unpaired) electrons. The second-order valence-corrected chi connectivity index (χ2v) is 9.68. The van der Waals surface area contributed by atoms with Crippen molar-refractivity contribution in [1.29, 1.82) is 0 Å². The first-order chi connectivity index (χ1) is 19.2. The van der Waals surface area contributed by atoms with Crippen molar-refractivity contribution in [3.63, 3.8) is 0 Å². The molecule has 0 unspecified atom stereocenters. The lowest BCUT2D eigenvalue weighted by molar-refractivity contribution is 0.101. The van der Waals surface area contributed by atoms with Gasteiger partial charge in [0.2, 0.25) is 0 Å². The van der Waals surface area contributed by atoms with E-state index in [1.165, 1.54) is 6.07 Å². The number of nitrogens with one attached hydrogen (secondary N) is 3. The third-order valence-corrected chi connectivity index (χ3v) is 6.33. The zero-order valence-corrected chi connectivity index (χ0v) is 22.2. The minimum atomic E-state index is -0.971. The molecule has 5 rings (SSSR count). The van der Waals surface area contributed by atoms with Gasteiger partial charge in [-0.2, -0.15) is 0 Å². The van der Waals surface area contributed by atoms with Gasteiger partial charge < -0.3 is 29.7 Å². The minimum absolute atomic E-state index is 0.301. The average Bonchev–Trinajstić information content (AvgIpc) is 3.60. The van der Waals surface area contributed by atoms with Crippen LogP contribution in [0.25, 0.3) is 22.7 Å². The van der Waals surface area contributed by atoms with Gasteiger partial charge in [-0.15, -0.1) is 0 Å². The number of anilines is 2. The number of fused-ring (bicyclic) bond motifs is 1. The number of aryl methyl sites for hydroxylation is 2. The maximum absolute atomic E-state index is 14.1. The first kappa shape index (κ1) is 26.8. The van der Waals surface area contributed by atoms with E-state index in [0.29, 0.717) is 41.2 Å². The molecule has 0 saturated carbocycles. The number of hydrogen-bond acceptors (Lipinski definition) is 5. The lowest BCUT2D eigenvalue weighted by atomic mass is 10.2. The summed E-state index contributed by atoms with van der Waals surface area (Å²) in [5.74, 6) is -2.27. The molecule has 0 aliphatic heterocycles. The lowest BCUT2D eigenvalue weighted by Crippen LogP contribution is -2.19. The molecule has 0 spiro atoms. The van der Waals surface area contributed by atoms with Gasteiger partial charge in [-0.05, 0) is 63.5 Å². The Bertz CT molecular complexity index is 1670. The monoisotopic (exact) mass is 546 g/mol. The van der Waals surface area contributed by atoms with Crippen molar-refractivity contribution in [3.8, 4) is 11.5 Å². The molecule has 4 heterocycles. The van der Waals surface area contributed by atoms with Gasteiger partial charge in [0.05, 0.1) is 22.6 Å². The fourth-order valence-electron chi connectivity index (χ4n) is 4.41. The van der Waals surface area contributed by atoms with Crippen molar-refractivity contribution in [2.75, 3.05) is 31.3 Å². The van der Waals surface area contributed by atoms with Crippen LogP contribution in [-0.2, 0) is 13.6 Å². The van der Waals surface area contributed by atoms with Crippen LogP contribution < -0.4 is 10.6 Å². The number of rotatable bonds is 9. The van der Waals surface area contributed by atoms with E-state index in [0.717, 1.165) is 36.3 Å². The molecule has 206 valence electrons. The summed E-state index contributed by atoms with van der Waals surface area (Å²) in [5.41, 5.74) is 3.02. The first-order valence-corrected chi connectivity index (χ1v) is 12.6. The van der Waals surface area contributed by atoms with Crippen LogP contribution in [0.2, 0.25) is 0 Å². The Labute approximate surface area is 228 Å². The number of amides is 2. The molecule has 0 bridgehead atoms. The van der Waals surface area contributed by atoms with Gasteiger partial charge in [0, 0.05) is 38.2 Å². The van der Waals surface area contributed by atoms with Gasteiger partial charge in [-0.1, -0.05) is 0 Å². The molecule has 10 nitrogen and oxygen atoms in total. The Hall–Kier alpha value is -4.84. The third-order valence-electron chi connectivity index (χ3n) is 6.33. The molecule has 40 heavy (non-hydrogen) atoms. The number of benzene rings is 1. The van der Waals surface area contributed by atoms with Crippen LogP contribution in [0.3, 0.4) is 0 Å². The van der Waals surface area contributed by atoms with Gasteiger partial charge in [0.15, 0.2) is 11.5 Å². The highest BCUT2D eigenvalue weighted by molar-refractivity contribution is 6.07. The number of aromatic nitrogens is 5. The van der Waals surface area contributed by atoms with Crippen molar-refractivity contribution >= 4 is 34.4 Å². The third kappa shape index (κ3) is 5.76. The number of halogens is 2. The second-order valence-electron chi connectivity index (χ2n) is 9.68. The molecule has 0 aliphatic rings. The van der Waals surface area contributed by atoms with Gasteiger partial charge >= 0.3 is 0 Å². The standard InChI is InChI=1S/C28H28F2N8O2/c1-36(2)10-5-11-38-16-19(32-27(39)20-8-7-17(29)12-21(20)30)14-24(38)28(40)33-18-13-23(37(3)15-18)26-34-22-6-4-9-31-25(22)35-26/h4,6-9,12-16H,5,10-11H2,1-3H3,(H,32,39)(H,33,40)(H,31,34,35). The highest BCUT2D eigenvalue weighted by Crippen LogP contribution is 2.25. The first-order valence-electron chi connectivity index (χ1n) is 12.6. The molecule has 4 aromatic heterocycles. The van der Waals surface area contributed by atoms with E-state index >= 15 is 0 Å². The van der Waals surface area contributed by atoms with E-state index in [4.69, 9.17) is 0 Å². The summed E-state index contributed by atoms with van der Waals surface area (Å²) in [6.45, 7) is 1.30. The van der Waals surface area contributed by atoms with Crippen LogP contribution in [0.4, 0.5) is 20.2 Å².